The standard InChI is InChI=1S/C41H60N4O6/c1-28(47)42-23-9-5-6-12-38(48)43-25-29-13-19-33(20-14-29)40-50-34(24-37(51-40)32-17-15-30(27-46)16-18-32)26-45-35-11-8-7-10-31(35)21-22-36(45)39(49)44-41(2,3)4/h13-20,31,34-37,40,46H,5-12,21-27H2,1-4H3,(H,42,47)(H,43,48)(H,44,49). The van der Waals surface area contributed by atoms with Crippen LogP contribution in [0, 0.1) is 5.92 Å². The summed E-state index contributed by atoms with van der Waals surface area (Å²) in [5, 5.41) is 18.7. The highest BCUT2D eigenvalue weighted by molar-refractivity contribution is 5.82. The third-order valence-electron chi connectivity index (χ3n) is 10.5. The van der Waals surface area contributed by atoms with Gasteiger partial charge >= 0.3 is 0 Å². The molecule has 51 heavy (non-hydrogen) atoms. The number of nitrogens with zero attached hydrogens (tertiary/aromatic N) is 1. The molecule has 0 bridgehead atoms. The van der Waals surface area contributed by atoms with Crippen molar-refractivity contribution in [1.29, 1.82) is 0 Å². The fourth-order valence-electron chi connectivity index (χ4n) is 7.93. The Hall–Kier alpha value is -3.31. The number of unbranched alkanes of at least 4 members (excludes halogenated alkanes) is 2. The fourth-order valence-corrected chi connectivity index (χ4v) is 7.93. The zero-order valence-corrected chi connectivity index (χ0v) is 31.1. The first-order chi connectivity index (χ1) is 24.5. The van der Waals surface area contributed by atoms with Gasteiger partial charge in [0.05, 0.1) is 24.9 Å². The summed E-state index contributed by atoms with van der Waals surface area (Å²) >= 11 is 0. The third-order valence-corrected chi connectivity index (χ3v) is 10.5. The second-order valence-corrected chi connectivity index (χ2v) is 15.8. The average molecular weight is 705 g/mol. The van der Waals surface area contributed by atoms with E-state index in [9.17, 15) is 19.5 Å². The molecule has 2 aliphatic heterocycles. The van der Waals surface area contributed by atoms with E-state index in [1.54, 1.807) is 0 Å². The zero-order valence-electron chi connectivity index (χ0n) is 31.1. The number of likely N-dealkylation sites (tertiary alicyclic amines) is 1. The first-order valence-electron chi connectivity index (χ1n) is 19.2. The maximum Gasteiger partial charge on any atom is 0.237 e. The van der Waals surface area contributed by atoms with E-state index in [0.29, 0.717) is 44.4 Å². The molecule has 3 amide bonds. The molecular weight excluding hydrogens is 644 g/mol. The maximum absolute atomic E-state index is 13.7. The fraction of sp³-hybridized carbons (Fsp3) is 0.634. The summed E-state index contributed by atoms with van der Waals surface area (Å²) in [6.07, 6.45) is 9.42. The molecule has 1 aliphatic carbocycles. The minimum Gasteiger partial charge on any atom is -0.392 e. The highest BCUT2D eigenvalue weighted by atomic mass is 16.7. The van der Waals surface area contributed by atoms with Crippen LogP contribution in [0.5, 0.6) is 0 Å². The molecule has 280 valence electrons. The van der Waals surface area contributed by atoms with E-state index in [1.165, 1.54) is 26.2 Å². The summed E-state index contributed by atoms with van der Waals surface area (Å²) in [4.78, 5) is 39.6. The predicted molar refractivity (Wildman–Crippen MR) is 197 cm³/mol. The van der Waals surface area contributed by atoms with Gasteiger partial charge in [0.1, 0.15) is 0 Å². The Balaban J connectivity index is 1.27. The number of fused-ring (bicyclic) bond motifs is 1. The number of aliphatic hydroxyl groups excluding tert-OH is 1. The van der Waals surface area contributed by atoms with E-state index in [1.807, 2.05) is 69.3 Å². The van der Waals surface area contributed by atoms with Gasteiger partial charge in [-0.2, -0.15) is 0 Å². The molecule has 6 atom stereocenters. The van der Waals surface area contributed by atoms with Crippen LogP contribution in [0.15, 0.2) is 48.5 Å². The molecule has 10 nitrogen and oxygen atoms in total. The predicted octanol–water partition coefficient (Wildman–Crippen LogP) is 5.97. The second-order valence-electron chi connectivity index (χ2n) is 15.8. The van der Waals surface area contributed by atoms with Crippen LogP contribution in [0.4, 0.5) is 0 Å². The lowest BCUT2D eigenvalue weighted by Gasteiger charge is -2.50. The van der Waals surface area contributed by atoms with Gasteiger partial charge in [-0.25, -0.2) is 0 Å². The Kier molecular flexibility index (Phi) is 14.1. The number of ether oxygens (including phenoxy) is 2. The minimum atomic E-state index is -0.596. The second kappa shape index (κ2) is 18.4. The lowest BCUT2D eigenvalue weighted by Crippen LogP contribution is -2.61. The summed E-state index contributed by atoms with van der Waals surface area (Å²) in [6.45, 7) is 9.36. The van der Waals surface area contributed by atoms with Crippen molar-refractivity contribution >= 4 is 17.7 Å². The highest BCUT2D eigenvalue weighted by Crippen LogP contribution is 2.42. The summed E-state index contributed by atoms with van der Waals surface area (Å²) in [7, 11) is 0. The summed E-state index contributed by atoms with van der Waals surface area (Å²) in [5.74, 6) is 0.704. The number of hydrogen-bond acceptors (Lipinski definition) is 7. The van der Waals surface area contributed by atoms with Gasteiger partial charge in [-0.15, -0.1) is 0 Å². The van der Waals surface area contributed by atoms with E-state index in [2.05, 4.69) is 20.9 Å². The number of benzene rings is 2. The first kappa shape index (κ1) is 38.9. The number of rotatable bonds is 14. The number of aliphatic hydroxyl groups is 1. The van der Waals surface area contributed by atoms with Gasteiger partial charge in [0, 0.05) is 56.5 Å². The quantitative estimate of drug-likeness (QED) is 0.178. The van der Waals surface area contributed by atoms with Crippen molar-refractivity contribution in [3.63, 3.8) is 0 Å². The highest BCUT2D eigenvalue weighted by Gasteiger charge is 2.44. The van der Waals surface area contributed by atoms with Crippen molar-refractivity contribution in [1.82, 2.24) is 20.9 Å². The molecule has 2 aromatic rings. The van der Waals surface area contributed by atoms with Crippen LogP contribution in [0.1, 0.15) is 133 Å². The number of carbonyl (C=O) groups is 3. The van der Waals surface area contributed by atoms with E-state index in [4.69, 9.17) is 9.47 Å². The van der Waals surface area contributed by atoms with Gasteiger partial charge in [0.2, 0.25) is 17.7 Å². The Bertz CT molecular complexity index is 1430. The molecule has 6 unspecified atom stereocenters. The smallest absolute Gasteiger partial charge is 0.237 e. The summed E-state index contributed by atoms with van der Waals surface area (Å²) in [5.41, 5.74) is 3.49. The van der Waals surface area contributed by atoms with Crippen molar-refractivity contribution in [2.45, 2.75) is 148 Å². The van der Waals surface area contributed by atoms with Crippen molar-refractivity contribution in [3.8, 4) is 0 Å². The molecule has 10 heteroatoms. The lowest BCUT2D eigenvalue weighted by molar-refractivity contribution is -0.255. The Morgan fingerprint density at radius 2 is 1.55 bits per heavy atom. The molecule has 4 N–H and O–H groups in total. The Morgan fingerprint density at radius 3 is 2.25 bits per heavy atom. The monoisotopic (exact) mass is 704 g/mol. The van der Waals surface area contributed by atoms with Crippen molar-refractivity contribution in [2.24, 2.45) is 5.92 Å². The largest absolute Gasteiger partial charge is 0.392 e. The summed E-state index contributed by atoms with van der Waals surface area (Å²) in [6, 6.07) is 16.2. The molecule has 2 aromatic carbocycles. The normalized spacial score (nSPS) is 25.4. The van der Waals surface area contributed by atoms with Crippen LogP contribution in [0.2, 0.25) is 0 Å². The SMILES string of the molecule is CC(=O)NCCCCCC(=O)NCc1ccc(C2OC(CN3C(C(=O)NC(C)(C)C)CCC4CCCCC43)CC(c3ccc(CO)cc3)O2)cc1. The van der Waals surface area contributed by atoms with Crippen molar-refractivity contribution in [3.05, 3.63) is 70.8 Å². The van der Waals surface area contributed by atoms with Gasteiger partial charge < -0.3 is 30.5 Å². The molecule has 3 fully saturated rings. The molecule has 2 saturated heterocycles. The van der Waals surface area contributed by atoms with Crippen LogP contribution in [-0.4, -0.2) is 64.5 Å². The third kappa shape index (κ3) is 11.6. The Labute approximate surface area is 304 Å². The number of nitrogens with one attached hydrogen (secondary N) is 3. The molecule has 5 rings (SSSR count). The van der Waals surface area contributed by atoms with Gasteiger partial charge in [-0.1, -0.05) is 67.8 Å². The Morgan fingerprint density at radius 1 is 0.843 bits per heavy atom. The van der Waals surface area contributed by atoms with Gasteiger partial charge in [-0.3, -0.25) is 19.3 Å². The lowest BCUT2D eigenvalue weighted by atomic mass is 9.75. The number of piperidine rings is 1. The molecule has 1 saturated carbocycles. The first-order valence-corrected chi connectivity index (χ1v) is 19.2. The van der Waals surface area contributed by atoms with Crippen LogP contribution in [0.25, 0.3) is 0 Å². The van der Waals surface area contributed by atoms with E-state index in [0.717, 1.165) is 60.8 Å². The van der Waals surface area contributed by atoms with E-state index >= 15 is 0 Å². The van der Waals surface area contributed by atoms with Crippen LogP contribution >= 0.6 is 0 Å². The molecule has 0 spiro atoms. The van der Waals surface area contributed by atoms with E-state index in [-0.39, 0.29) is 48.1 Å². The number of amides is 3. The van der Waals surface area contributed by atoms with Gasteiger partial charge in [0.15, 0.2) is 6.29 Å². The van der Waals surface area contributed by atoms with Crippen LogP contribution in [-0.2, 0) is 37.0 Å². The maximum atomic E-state index is 13.7. The zero-order chi connectivity index (χ0) is 36.4. The van der Waals surface area contributed by atoms with Crippen LogP contribution < -0.4 is 16.0 Å². The molecule has 0 aromatic heterocycles. The van der Waals surface area contributed by atoms with Gasteiger partial charge in [0.25, 0.3) is 0 Å². The molecule has 0 radical (unpaired) electrons. The molecule has 2 heterocycles. The number of carbonyl (C=O) groups excluding carboxylic acids is 3. The topological polar surface area (TPSA) is 129 Å². The average Bonchev–Trinajstić information content (AvgIpc) is 3.11. The minimum absolute atomic E-state index is 0.0115. The summed E-state index contributed by atoms with van der Waals surface area (Å²) < 4.78 is 13.4. The molecule has 3 aliphatic rings. The van der Waals surface area contributed by atoms with Crippen molar-refractivity contribution in [2.75, 3.05) is 13.1 Å². The molecular formula is C41H60N4O6. The van der Waals surface area contributed by atoms with Gasteiger partial charge in [-0.05, 0) is 81.9 Å². The van der Waals surface area contributed by atoms with E-state index < -0.39 is 6.29 Å². The van der Waals surface area contributed by atoms with Crippen LogP contribution in [0.3, 0.4) is 0 Å². The number of hydrogen-bond donors (Lipinski definition) is 4. The van der Waals surface area contributed by atoms with Crippen molar-refractivity contribution < 1.29 is 29.0 Å².